The van der Waals surface area contributed by atoms with E-state index in [1.54, 1.807) is 6.92 Å². The second kappa shape index (κ2) is 7.59. The van der Waals surface area contributed by atoms with Crippen LogP contribution < -0.4 is 4.74 Å². The third-order valence-electron chi connectivity index (χ3n) is 5.49. The van der Waals surface area contributed by atoms with Crippen LogP contribution in [0.2, 0.25) is 0 Å². The molecule has 2 aliphatic heterocycles. The van der Waals surface area contributed by atoms with Crippen LogP contribution >= 0.6 is 0 Å². The number of ether oxygens (including phenoxy) is 1. The maximum atomic E-state index is 13.0. The van der Waals surface area contributed by atoms with Crippen molar-refractivity contribution >= 4 is 11.6 Å². The number of nitro benzene ring substituents is 1. The van der Waals surface area contributed by atoms with Gasteiger partial charge in [0.1, 0.15) is 18.1 Å². The molecule has 148 valence electrons. The largest absolute Gasteiger partial charge is 0.489 e. The van der Waals surface area contributed by atoms with Crippen LogP contribution in [0.5, 0.6) is 5.75 Å². The molecule has 1 aromatic heterocycles. The Morgan fingerprint density at radius 2 is 2.11 bits per heavy atom. The van der Waals surface area contributed by atoms with Gasteiger partial charge in [-0.3, -0.25) is 19.8 Å². The zero-order chi connectivity index (χ0) is 19.7. The monoisotopic (exact) mass is 386 g/mol. The smallest absolute Gasteiger partial charge is 0.276 e. The fraction of sp³-hybridized carbons (Fsp3) is 0.474. The molecule has 0 unspecified atom stereocenters. The van der Waals surface area contributed by atoms with E-state index in [2.05, 4.69) is 10.1 Å². The van der Waals surface area contributed by atoms with E-state index in [0.717, 1.165) is 19.5 Å². The fourth-order valence-electron chi connectivity index (χ4n) is 3.87. The van der Waals surface area contributed by atoms with Crippen molar-refractivity contribution in [3.63, 3.8) is 0 Å². The summed E-state index contributed by atoms with van der Waals surface area (Å²) in [5.74, 6) is 0.875. The second-order valence-corrected chi connectivity index (χ2v) is 7.19. The van der Waals surface area contributed by atoms with E-state index in [4.69, 9.17) is 9.26 Å². The summed E-state index contributed by atoms with van der Waals surface area (Å²) in [5.41, 5.74) is 0.887. The van der Waals surface area contributed by atoms with Crippen LogP contribution in [0.25, 0.3) is 0 Å². The average molecular weight is 386 g/mol. The predicted octanol–water partition coefficient (Wildman–Crippen LogP) is 2.39. The van der Waals surface area contributed by atoms with Crippen molar-refractivity contribution in [2.45, 2.75) is 32.4 Å². The zero-order valence-corrected chi connectivity index (χ0v) is 15.7. The Kier molecular flexibility index (Phi) is 4.99. The third-order valence-corrected chi connectivity index (χ3v) is 5.49. The molecular formula is C19H22N4O5. The highest BCUT2D eigenvalue weighted by Gasteiger charge is 2.34. The van der Waals surface area contributed by atoms with E-state index in [9.17, 15) is 14.9 Å². The summed E-state index contributed by atoms with van der Waals surface area (Å²) < 4.78 is 11.0. The van der Waals surface area contributed by atoms with E-state index < -0.39 is 4.92 Å². The lowest BCUT2D eigenvalue weighted by atomic mass is 10.1. The van der Waals surface area contributed by atoms with E-state index in [0.29, 0.717) is 36.2 Å². The number of hydrogen-bond acceptors (Lipinski definition) is 7. The number of carbonyl (C=O) groups is 1. The summed E-state index contributed by atoms with van der Waals surface area (Å²) >= 11 is 0. The molecule has 28 heavy (non-hydrogen) atoms. The number of piperazine rings is 1. The standard InChI is InChI=1S/C19H22N4O5/c1-13-17(12-27-16-6-4-14(5-7-16)23(25)26)18(20-28-13)19(24)22-10-9-21-8-2-3-15(21)11-22/h4-7,15H,2-3,8-12H2,1H3/t15-/m0/s1. The molecular weight excluding hydrogens is 364 g/mol. The highest BCUT2D eigenvalue weighted by atomic mass is 16.6. The molecule has 9 heteroatoms. The molecule has 2 aliphatic rings. The lowest BCUT2D eigenvalue weighted by Gasteiger charge is -2.37. The minimum atomic E-state index is -0.464. The van der Waals surface area contributed by atoms with Gasteiger partial charge in [0, 0.05) is 37.8 Å². The lowest BCUT2D eigenvalue weighted by Crippen LogP contribution is -2.52. The molecule has 0 spiro atoms. The maximum absolute atomic E-state index is 13.0. The molecule has 1 atom stereocenters. The number of fused-ring (bicyclic) bond motifs is 1. The van der Waals surface area contributed by atoms with E-state index >= 15 is 0 Å². The summed E-state index contributed by atoms with van der Waals surface area (Å²) in [6.07, 6.45) is 2.31. The van der Waals surface area contributed by atoms with Crippen LogP contribution in [0.4, 0.5) is 5.69 Å². The van der Waals surface area contributed by atoms with Gasteiger partial charge in [-0.15, -0.1) is 0 Å². The van der Waals surface area contributed by atoms with Gasteiger partial charge >= 0.3 is 0 Å². The van der Waals surface area contributed by atoms with E-state index in [-0.39, 0.29) is 23.9 Å². The Labute approximate surface area is 162 Å². The summed E-state index contributed by atoms with van der Waals surface area (Å²) in [6, 6.07) is 6.25. The SMILES string of the molecule is Cc1onc(C(=O)N2CCN3CCC[C@H]3C2)c1COc1ccc([N+](=O)[O-])cc1. The first-order valence-electron chi connectivity index (χ1n) is 9.38. The zero-order valence-electron chi connectivity index (χ0n) is 15.7. The Morgan fingerprint density at radius 1 is 1.32 bits per heavy atom. The van der Waals surface area contributed by atoms with Crippen LogP contribution in [0, 0.1) is 17.0 Å². The normalized spacial score (nSPS) is 19.5. The van der Waals surface area contributed by atoms with Crippen LogP contribution in [-0.4, -0.2) is 58.0 Å². The first-order valence-corrected chi connectivity index (χ1v) is 9.38. The molecule has 1 aromatic carbocycles. The van der Waals surface area contributed by atoms with Gasteiger partial charge in [0.2, 0.25) is 0 Å². The quantitative estimate of drug-likeness (QED) is 0.574. The van der Waals surface area contributed by atoms with Crippen molar-refractivity contribution in [3.8, 4) is 5.75 Å². The first kappa shape index (κ1) is 18.4. The van der Waals surface area contributed by atoms with Gasteiger partial charge in [-0.1, -0.05) is 5.16 Å². The summed E-state index contributed by atoms with van der Waals surface area (Å²) in [7, 11) is 0. The number of amides is 1. The topological polar surface area (TPSA) is 102 Å². The molecule has 2 fully saturated rings. The Bertz CT molecular complexity index is 879. The molecule has 2 aromatic rings. The molecule has 0 N–H and O–H groups in total. The van der Waals surface area contributed by atoms with Crippen molar-refractivity contribution in [3.05, 3.63) is 51.4 Å². The number of hydrogen-bond donors (Lipinski definition) is 0. The van der Waals surface area contributed by atoms with Gasteiger partial charge in [0.15, 0.2) is 5.69 Å². The van der Waals surface area contributed by atoms with Crippen LogP contribution in [0.15, 0.2) is 28.8 Å². The number of carbonyl (C=O) groups excluding carboxylic acids is 1. The van der Waals surface area contributed by atoms with Gasteiger partial charge in [0.05, 0.1) is 10.5 Å². The van der Waals surface area contributed by atoms with Crippen LogP contribution in [0.3, 0.4) is 0 Å². The molecule has 2 saturated heterocycles. The first-order chi connectivity index (χ1) is 13.5. The second-order valence-electron chi connectivity index (χ2n) is 7.19. The molecule has 1 amide bonds. The number of rotatable bonds is 5. The van der Waals surface area contributed by atoms with Crippen molar-refractivity contribution in [1.82, 2.24) is 15.0 Å². The number of nitrogens with zero attached hydrogens (tertiary/aromatic N) is 4. The minimum Gasteiger partial charge on any atom is -0.489 e. The summed E-state index contributed by atoms with van der Waals surface area (Å²) in [4.78, 5) is 27.6. The predicted molar refractivity (Wildman–Crippen MR) is 99.2 cm³/mol. The molecule has 0 radical (unpaired) electrons. The van der Waals surface area contributed by atoms with Gasteiger partial charge in [-0.2, -0.15) is 0 Å². The van der Waals surface area contributed by atoms with Crippen molar-refractivity contribution < 1.29 is 19.0 Å². The van der Waals surface area contributed by atoms with Crippen LogP contribution in [0.1, 0.15) is 34.7 Å². The van der Waals surface area contributed by atoms with Gasteiger partial charge in [0.25, 0.3) is 11.6 Å². The minimum absolute atomic E-state index is 0.00423. The Morgan fingerprint density at radius 3 is 2.86 bits per heavy atom. The highest BCUT2D eigenvalue weighted by molar-refractivity contribution is 5.94. The average Bonchev–Trinajstić information content (AvgIpc) is 3.32. The third kappa shape index (κ3) is 3.57. The Hall–Kier alpha value is -2.94. The van der Waals surface area contributed by atoms with Crippen molar-refractivity contribution in [1.29, 1.82) is 0 Å². The van der Waals surface area contributed by atoms with Crippen LogP contribution in [-0.2, 0) is 6.61 Å². The van der Waals surface area contributed by atoms with Gasteiger partial charge in [-0.05, 0) is 38.4 Å². The molecule has 9 nitrogen and oxygen atoms in total. The molecule has 0 bridgehead atoms. The van der Waals surface area contributed by atoms with Crippen molar-refractivity contribution in [2.24, 2.45) is 0 Å². The number of aryl methyl sites for hydroxylation is 1. The fourth-order valence-corrected chi connectivity index (χ4v) is 3.87. The number of aromatic nitrogens is 1. The Balaban J connectivity index is 1.45. The van der Waals surface area contributed by atoms with Gasteiger partial charge in [-0.25, -0.2) is 0 Å². The number of non-ortho nitro benzene ring substituents is 1. The number of nitro groups is 1. The molecule has 0 aliphatic carbocycles. The highest BCUT2D eigenvalue weighted by Crippen LogP contribution is 2.25. The molecule has 4 rings (SSSR count). The summed E-state index contributed by atoms with van der Waals surface area (Å²) in [5, 5.41) is 14.7. The lowest BCUT2D eigenvalue weighted by molar-refractivity contribution is -0.384. The summed E-state index contributed by atoms with van der Waals surface area (Å²) in [6.45, 7) is 5.26. The number of benzene rings is 1. The van der Waals surface area contributed by atoms with Gasteiger partial charge < -0.3 is 14.2 Å². The van der Waals surface area contributed by atoms with E-state index in [1.807, 2.05) is 4.90 Å². The molecule has 3 heterocycles. The molecule has 0 saturated carbocycles. The van der Waals surface area contributed by atoms with Crippen molar-refractivity contribution in [2.75, 3.05) is 26.2 Å². The van der Waals surface area contributed by atoms with E-state index in [1.165, 1.54) is 30.7 Å². The maximum Gasteiger partial charge on any atom is 0.276 e.